The molecule has 0 amide bonds. The Kier molecular flexibility index (Phi) is 32.1. The predicted octanol–water partition coefficient (Wildman–Crippen LogP) is 15.0. The fourth-order valence-corrected chi connectivity index (χ4v) is 6.85. The van der Waals surface area contributed by atoms with Crippen LogP contribution in [0.15, 0.2) is 11.4 Å². The molecule has 1 rings (SSSR count). The highest BCUT2D eigenvalue weighted by molar-refractivity contribution is 7.12. The molecule has 0 fully saturated rings. The zero-order valence-electron chi connectivity index (χ0n) is 29.4. The number of hydrogen-bond donors (Lipinski definition) is 0. The zero-order chi connectivity index (χ0) is 30.7. The summed E-state index contributed by atoms with van der Waals surface area (Å²) in [6.45, 7) is 6.25. The van der Waals surface area contributed by atoms with Crippen LogP contribution in [0.5, 0.6) is 10.8 Å². The van der Waals surface area contributed by atoms with Crippen LogP contribution in [0.25, 0.3) is 0 Å². The van der Waals surface area contributed by atoms with E-state index < -0.39 is 0 Å². The topological polar surface area (TPSA) is 18.5 Å². The average Bonchev–Trinajstić information content (AvgIpc) is 3.47. The second kappa shape index (κ2) is 34.2. The minimum absolute atomic E-state index is 0.824. The van der Waals surface area contributed by atoms with Crippen molar-refractivity contribution in [1.82, 2.24) is 0 Å². The molecule has 0 atom stereocenters. The van der Waals surface area contributed by atoms with E-state index in [0.29, 0.717) is 0 Å². The highest BCUT2D eigenvalue weighted by Gasteiger charge is 2.07. The molecule has 1 aromatic rings. The summed E-state index contributed by atoms with van der Waals surface area (Å²) in [5.41, 5.74) is 0. The molecule has 0 aliphatic rings. The quantitative estimate of drug-likeness (QED) is 0.0695. The van der Waals surface area contributed by atoms with E-state index >= 15 is 0 Å². The zero-order valence-corrected chi connectivity index (χ0v) is 30.2. The molecule has 0 aliphatic carbocycles. The molecule has 0 spiro atoms. The first-order valence-electron chi connectivity index (χ1n) is 19.7. The molecule has 0 unspecified atom stereocenters. The standard InChI is InChI=1S/C40H76O2S/c1-3-5-7-9-11-13-15-17-19-21-23-25-27-29-31-33-36-41-39-35-38-43-40(39)42-37-34-32-30-28-26-24-22-20-18-16-14-12-10-8-6-4-2/h35,38H,3-34,36-37H2,1-2H3. The summed E-state index contributed by atoms with van der Waals surface area (Å²) in [6, 6.07) is 2.08. The minimum atomic E-state index is 0.824. The third-order valence-electron chi connectivity index (χ3n) is 9.08. The van der Waals surface area contributed by atoms with Crippen LogP contribution < -0.4 is 9.47 Å². The molecule has 0 aliphatic heterocycles. The van der Waals surface area contributed by atoms with Crippen LogP contribution in [0.2, 0.25) is 0 Å². The molecule has 254 valence electrons. The lowest BCUT2D eigenvalue weighted by molar-refractivity contribution is 0.265. The van der Waals surface area contributed by atoms with E-state index in [1.807, 2.05) is 0 Å². The van der Waals surface area contributed by atoms with Gasteiger partial charge in [0, 0.05) is 0 Å². The van der Waals surface area contributed by atoms with Crippen molar-refractivity contribution in [2.45, 2.75) is 219 Å². The van der Waals surface area contributed by atoms with Crippen molar-refractivity contribution in [2.75, 3.05) is 13.2 Å². The molecule has 43 heavy (non-hydrogen) atoms. The Balaban J connectivity index is 1.81. The lowest BCUT2D eigenvalue weighted by Gasteiger charge is -2.09. The SMILES string of the molecule is CCCCCCCCCCCCCCCCCCOc1ccsc1OCCCCCCCCCCCCCCCCCC. The van der Waals surface area contributed by atoms with Gasteiger partial charge in [0.2, 0.25) is 5.06 Å². The Morgan fingerprint density at radius 3 is 0.977 bits per heavy atom. The Morgan fingerprint density at radius 2 is 0.651 bits per heavy atom. The number of hydrogen-bond acceptors (Lipinski definition) is 3. The first-order chi connectivity index (χ1) is 21.4. The molecule has 1 heterocycles. The fourth-order valence-electron chi connectivity index (χ4n) is 6.14. The molecule has 0 saturated heterocycles. The van der Waals surface area contributed by atoms with Gasteiger partial charge in [0.25, 0.3) is 0 Å². The Hall–Kier alpha value is -0.700. The fraction of sp³-hybridized carbons (Fsp3) is 0.900. The molecule has 0 bridgehead atoms. The summed E-state index contributed by atoms with van der Waals surface area (Å²) in [5.74, 6) is 0.961. The third kappa shape index (κ3) is 28.5. The Bertz CT molecular complexity index is 590. The van der Waals surface area contributed by atoms with Crippen molar-refractivity contribution in [3.8, 4) is 10.8 Å². The van der Waals surface area contributed by atoms with Crippen molar-refractivity contribution in [3.63, 3.8) is 0 Å². The summed E-state index contributed by atoms with van der Waals surface area (Å²) in [7, 11) is 0. The van der Waals surface area contributed by atoms with E-state index in [0.717, 1.165) is 36.9 Å². The smallest absolute Gasteiger partial charge is 0.216 e. The van der Waals surface area contributed by atoms with Gasteiger partial charge in [-0.1, -0.05) is 206 Å². The third-order valence-corrected chi connectivity index (χ3v) is 9.89. The number of ether oxygens (including phenoxy) is 2. The number of unbranched alkanes of at least 4 members (excludes halogenated alkanes) is 30. The summed E-state index contributed by atoms with van der Waals surface area (Å²) in [6.07, 6.45) is 45.0. The molecule has 0 aromatic carbocycles. The van der Waals surface area contributed by atoms with E-state index in [4.69, 9.17) is 9.47 Å². The van der Waals surface area contributed by atoms with Crippen LogP contribution in [0.1, 0.15) is 219 Å². The van der Waals surface area contributed by atoms with Crippen LogP contribution in [0, 0.1) is 0 Å². The molecular weight excluding hydrogens is 545 g/mol. The van der Waals surface area contributed by atoms with Crippen LogP contribution in [-0.2, 0) is 0 Å². The summed E-state index contributed by atoms with van der Waals surface area (Å²) < 4.78 is 12.1. The van der Waals surface area contributed by atoms with Gasteiger partial charge < -0.3 is 9.47 Å². The molecule has 1 aromatic heterocycles. The Labute approximate surface area is 274 Å². The van der Waals surface area contributed by atoms with Gasteiger partial charge in [0.15, 0.2) is 5.75 Å². The van der Waals surface area contributed by atoms with Crippen LogP contribution in [0.4, 0.5) is 0 Å². The first-order valence-corrected chi connectivity index (χ1v) is 20.6. The van der Waals surface area contributed by atoms with E-state index in [9.17, 15) is 0 Å². The van der Waals surface area contributed by atoms with E-state index in [-0.39, 0.29) is 0 Å². The van der Waals surface area contributed by atoms with E-state index in [1.54, 1.807) is 11.3 Å². The van der Waals surface area contributed by atoms with Crippen LogP contribution in [-0.4, -0.2) is 13.2 Å². The summed E-state index contributed by atoms with van der Waals surface area (Å²) in [4.78, 5) is 0. The van der Waals surface area contributed by atoms with Gasteiger partial charge in [0.05, 0.1) is 13.2 Å². The molecule has 3 heteroatoms. The second-order valence-electron chi connectivity index (χ2n) is 13.4. The van der Waals surface area contributed by atoms with Gasteiger partial charge >= 0.3 is 0 Å². The van der Waals surface area contributed by atoms with Gasteiger partial charge in [-0.05, 0) is 24.3 Å². The first kappa shape index (κ1) is 40.3. The normalized spacial score (nSPS) is 11.4. The lowest BCUT2D eigenvalue weighted by atomic mass is 10.0. The maximum Gasteiger partial charge on any atom is 0.216 e. The predicted molar refractivity (Wildman–Crippen MR) is 194 cm³/mol. The van der Waals surface area contributed by atoms with Crippen LogP contribution in [0.3, 0.4) is 0 Å². The van der Waals surface area contributed by atoms with Crippen LogP contribution >= 0.6 is 11.3 Å². The van der Waals surface area contributed by atoms with Gasteiger partial charge in [0.1, 0.15) is 0 Å². The maximum atomic E-state index is 6.07. The number of thiophene rings is 1. The van der Waals surface area contributed by atoms with E-state index in [2.05, 4.69) is 25.3 Å². The van der Waals surface area contributed by atoms with Gasteiger partial charge in [-0.2, -0.15) is 0 Å². The summed E-state index contributed by atoms with van der Waals surface area (Å²) in [5, 5.41) is 3.09. The molecule has 0 N–H and O–H groups in total. The molecular formula is C40H76O2S. The van der Waals surface area contributed by atoms with Gasteiger partial charge in [-0.15, -0.1) is 11.3 Å². The lowest BCUT2D eigenvalue weighted by Crippen LogP contribution is -2.00. The largest absolute Gasteiger partial charge is 0.489 e. The Morgan fingerprint density at radius 1 is 0.372 bits per heavy atom. The van der Waals surface area contributed by atoms with Crippen molar-refractivity contribution < 1.29 is 9.47 Å². The van der Waals surface area contributed by atoms with Crippen molar-refractivity contribution in [1.29, 1.82) is 0 Å². The average molecular weight is 621 g/mol. The van der Waals surface area contributed by atoms with E-state index in [1.165, 1.54) is 193 Å². The van der Waals surface area contributed by atoms with Gasteiger partial charge in [-0.25, -0.2) is 0 Å². The number of rotatable bonds is 36. The second-order valence-corrected chi connectivity index (χ2v) is 14.3. The summed E-state index contributed by atoms with van der Waals surface area (Å²) >= 11 is 1.68. The van der Waals surface area contributed by atoms with Crippen molar-refractivity contribution in [3.05, 3.63) is 11.4 Å². The monoisotopic (exact) mass is 621 g/mol. The highest BCUT2D eigenvalue weighted by atomic mass is 32.1. The molecule has 0 saturated carbocycles. The van der Waals surface area contributed by atoms with Crippen molar-refractivity contribution >= 4 is 11.3 Å². The highest BCUT2D eigenvalue weighted by Crippen LogP contribution is 2.34. The minimum Gasteiger partial charge on any atom is -0.489 e. The van der Waals surface area contributed by atoms with Crippen molar-refractivity contribution in [2.24, 2.45) is 0 Å². The van der Waals surface area contributed by atoms with Gasteiger partial charge in [-0.3, -0.25) is 0 Å². The molecule has 0 radical (unpaired) electrons. The maximum absolute atomic E-state index is 6.07. The molecule has 2 nitrogen and oxygen atoms in total.